The van der Waals surface area contributed by atoms with Crippen molar-refractivity contribution in [2.45, 2.75) is 13.8 Å². The Kier molecular flexibility index (Phi) is 5.56. The van der Waals surface area contributed by atoms with Gasteiger partial charge in [0.05, 0.1) is 12.6 Å². The number of carbonyl (C=O) groups is 1. The number of nitrogens with zero attached hydrogens (tertiary/aromatic N) is 2. The van der Waals surface area contributed by atoms with Gasteiger partial charge in [-0.3, -0.25) is 15.2 Å². The molecule has 6 heteroatoms. The van der Waals surface area contributed by atoms with Crippen molar-refractivity contribution in [2.75, 3.05) is 6.54 Å². The van der Waals surface area contributed by atoms with Gasteiger partial charge in [0, 0.05) is 24.9 Å². The maximum Gasteiger partial charge on any atom is 0.333 e. The van der Waals surface area contributed by atoms with Crippen molar-refractivity contribution in [3.8, 4) is 0 Å². The van der Waals surface area contributed by atoms with Crippen LogP contribution in [0.4, 0.5) is 0 Å². The summed E-state index contributed by atoms with van der Waals surface area (Å²) < 4.78 is 0. The first kappa shape index (κ1) is 14.7. The molecule has 100 valence electrons. The molecule has 6 N–H and O–H groups in total. The lowest BCUT2D eigenvalue weighted by atomic mass is 10.2. The first-order chi connectivity index (χ1) is 9.04. The van der Waals surface area contributed by atoms with E-state index in [-0.39, 0.29) is 5.84 Å². The summed E-state index contributed by atoms with van der Waals surface area (Å²) in [5, 5.41) is 7.35. The smallest absolute Gasteiger partial charge is 0.333 e. The van der Waals surface area contributed by atoms with Crippen molar-refractivity contribution in [2.24, 2.45) is 10.7 Å². The fourth-order valence-corrected chi connectivity index (χ4v) is 1.43. The minimum atomic E-state index is -0.402. The van der Waals surface area contributed by atoms with Gasteiger partial charge in [-0.1, -0.05) is 0 Å². The van der Waals surface area contributed by atoms with Gasteiger partial charge in [-0.25, -0.2) is 0 Å². The summed E-state index contributed by atoms with van der Waals surface area (Å²) in [5.41, 5.74) is 7.43. The van der Waals surface area contributed by atoms with Crippen LogP contribution in [0.3, 0.4) is 0 Å². The van der Waals surface area contributed by atoms with Gasteiger partial charge in [-0.2, -0.15) is 4.99 Å². The largest absolute Gasteiger partial charge is 0.383 e. The van der Waals surface area contributed by atoms with Crippen molar-refractivity contribution in [1.29, 1.82) is 0 Å². The first-order valence-corrected chi connectivity index (χ1v) is 5.97. The summed E-state index contributed by atoms with van der Waals surface area (Å²) in [7, 11) is 0. The standard InChI is InChI=1S/C13H17N5O/c1-3-17-11(8-9(2)14)13(19)18-12(15)10-4-6-16-7-5-10/h4-8,14,17H,3H2,1-2H3,(H2,15,18,19)/p+2/b11-8-,14-9?. The van der Waals surface area contributed by atoms with Crippen molar-refractivity contribution in [3.63, 3.8) is 0 Å². The highest BCUT2D eigenvalue weighted by Gasteiger charge is 2.14. The Balaban J connectivity index is 2.96. The van der Waals surface area contributed by atoms with Gasteiger partial charge in [-0.05, 0) is 19.1 Å². The minimum absolute atomic E-state index is 0.164. The summed E-state index contributed by atoms with van der Waals surface area (Å²) in [4.78, 5) is 19.8. The molecule has 1 aromatic heterocycles. The van der Waals surface area contributed by atoms with Crippen LogP contribution in [-0.2, 0) is 4.79 Å². The van der Waals surface area contributed by atoms with E-state index in [9.17, 15) is 4.79 Å². The topological polar surface area (TPSA) is 111 Å². The maximum absolute atomic E-state index is 12.0. The Bertz CT molecular complexity index is 519. The molecule has 6 nitrogen and oxygen atoms in total. The molecule has 0 fully saturated rings. The van der Waals surface area contributed by atoms with E-state index in [0.717, 1.165) is 6.54 Å². The molecule has 0 aliphatic rings. The third kappa shape index (κ3) is 4.81. The number of hydrogen-bond donors (Lipinski definition) is 3. The van der Waals surface area contributed by atoms with Gasteiger partial charge >= 0.3 is 5.91 Å². The Morgan fingerprint density at radius 2 is 2.16 bits per heavy atom. The molecule has 0 unspecified atom stereocenters. The van der Waals surface area contributed by atoms with Crippen LogP contribution in [0.25, 0.3) is 0 Å². The number of amides is 1. The lowest BCUT2D eigenvalue weighted by Gasteiger charge is -2.01. The van der Waals surface area contributed by atoms with Gasteiger partial charge in [0.25, 0.3) is 0 Å². The first-order valence-electron chi connectivity index (χ1n) is 5.97. The fourth-order valence-electron chi connectivity index (χ4n) is 1.43. The molecule has 1 amide bonds. The third-order valence-electron chi connectivity index (χ3n) is 2.25. The van der Waals surface area contributed by atoms with E-state index in [4.69, 9.17) is 11.1 Å². The monoisotopic (exact) mass is 261 g/mol. The highest BCUT2D eigenvalue weighted by Crippen LogP contribution is 1.97. The zero-order valence-electron chi connectivity index (χ0n) is 11.1. The normalized spacial score (nSPS) is 12.3. The molecule has 0 atom stereocenters. The van der Waals surface area contributed by atoms with Gasteiger partial charge in [0.2, 0.25) is 5.70 Å². The number of aromatic nitrogens is 1. The molecule has 1 heterocycles. The van der Waals surface area contributed by atoms with Gasteiger partial charge in [0.1, 0.15) is 5.84 Å². The van der Waals surface area contributed by atoms with Crippen LogP contribution in [-0.4, -0.2) is 29.0 Å². The van der Waals surface area contributed by atoms with Crippen LogP contribution >= 0.6 is 0 Å². The number of quaternary nitrogens is 1. The zero-order valence-corrected chi connectivity index (χ0v) is 11.1. The fraction of sp³-hybridized carbons (Fsp3) is 0.231. The summed E-state index contributed by atoms with van der Waals surface area (Å²) in [5.74, 6) is -0.238. The van der Waals surface area contributed by atoms with E-state index in [1.54, 1.807) is 42.8 Å². The zero-order chi connectivity index (χ0) is 14.3. The van der Waals surface area contributed by atoms with Crippen molar-refractivity contribution < 1.29 is 15.5 Å². The minimum Gasteiger partial charge on any atom is -0.383 e. The Labute approximate surface area is 112 Å². The molecule has 0 aliphatic heterocycles. The molecule has 0 aromatic carbocycles. The average Bonchev–Trinajstić information content (AvgIpc) is 2.38. The van der Waals surface area contributed by atoms with E-state index < -0.39 is 5.91 Å². The molecule has 19 heavy (non-hydrogen) atoms. The lowest BCUT2D eigenvalue weighted by Crippen LogP contribution is -2.83. The number of likely N-dealkylation sites (N-methyl/N-ethyl adjacent to an activating group) is 1. The van der Waals surface area contributed by atoms with Crippen LogP contribution in [0.5, 0.6) is 0 Å². The number of allylic oxidation sites excluding steroid dienone is 1. The number of amidine groups is 1. The number of rotatable bonds is 5. The van der Waals surface area contributed by atoms with E-state index in [0.29, 0.717) is 17.0 Å². The third-order valence-corrected chi connectivity index (χ3v) is 2.25. The molecule has 0 saturated carbocycles. The van der Waals surface area contributed by atoms with Gasteiger partial charge < -0.3 is 11.1 Å². The second-order valence-electron chi connectivity index (χ2n) is 3.99. The lowest BCUT2D eigenvalue weighted by molar-refractivity contribution is -0.596. The molecule has 0 spiro atoms. The summed E-state index contributed by atoms with van der Waals surface area (Å²) in [6.45, 7) is 4.37. The SMILES string of the molecule is CC[NH2+]/C(=C\C(C)=[NH2+])C(=O)N=C(N)c1ccncc1. The second kappa shape index (κ2) is 7.17. The number of hydrogen-bond acceptors (Lipinski definition) is 2. The molecule has 1 rings (SSSR count). The molecule has 0 bridgehead atoms. The van der Waals surface area contributed by atoms with Crippen LogP contribution in [0.15, 0.2) is 41.3 Å². The number of aliphatic imine (C=N–C) groups is 1. The molecule has 1 aromatic rings. The quantitative estimate of drug-likeness (QED) is 0.324. The van der Waals surface area contributed by atoms with Crippen molar-refractivity contribution in [3.05, 3.63) is 41.9 Å². The highest BCUT2D eigenvalue weighted by atomic mass is 16.1. The van der Waals surface area contributed by atoms with E-state index >= 15 is 0 Å². The summed E-state index contributed by atoms with van der Waals surface area (Å²) in [6.07, 6.45) is 4.78. The van der Waals surface area contributed by atoms with Gasteiger partial charge in [-0.15, -0.1) is 0 Å². The Morgan fingerprint density at radius 3 is 2.68 bits per heavy atom. The predicted octanol–water partition coefficient (Wildman–Crippen LogP) is -2.00. The number of nitrogens with two attached hydrogens (primary N) is 3. The van der Waals surface area contributed by atoms with E-state index in [2.05, 4.69) is 9.98 Å². The number of pyridine rings is 1. The Morgan fingerprint density at radius 1 is 1.53 bits per heavy atom. The van der Waals surface area contributed by atoms with Crippen molar-refractivity contribution >= 4 is 17.5 Å². The molecule has 0 saturated heterocycles. The molecule has 0 radical (unpaired) electrons. The van der Waals surface area contributed by atoms with E-state index in [1.807, 2.05) is 6.92 Å². The molecular weight excluding hydrogens is 242 g/mol. The second-order valence-corrected chi connectivity index (χ2v) is 3.99. The maximum atomic E-state index is 12.0. The van der Waals surface area contributed by atoms with Crippen LogP contribution < -0.4 is 16.5 Å². The van der Waals surface area contributed by atoms with Crippen LogP contribution in [0, 0.1) is 0 Å². The van der Waals surface area contributed by atoms with Crippen LogP contribution in [0.2, 0.25) is 0 Å². The summed E-state index contributed by atoms with van der Waals surface area (Å²) in [6, 6.07) is 3.39. The average molecular weight is 261 g/mol. The molecular formula is C13H19N5O+2. The Hall–Kier alpha value is -2.34. The number of carbonyl (C=O) groups excluding carboxylic acids is 1. The summed E-state index contributed by atoms with van der Waals surface area (Å²) >= 11 is 0. The molecule has 0 aliphatic carbocycles. The van der Waals surface area contributed by atoms with E-state index in [1.165, 1.54) is 0 Å². The van der Waals surface area contributed by atoms with Gasteiger partial charge in [0.15, 0.2) is 5.71 Å². The predicted molar refractivity (Wildman–Crippen MR) is 73.1 cm³/mol. The highest BCUT2D eigenvalue weighted by molar-refractivity contribution is 6.09. The van der Waals surface area contributed by atoms with Crippen LogP contribution in [0.1, 0.15) is 19.4 Å². The van der Waals surface area contributed by atoms with Crippen molar-refractivity contribution in [1.82, 2.24) is 4.98 Å².